The van der Waals surface area contributed by atoms with E-state index in [1.807, 2.05) is 17.9 Å². The summed E-state index contributed by atoms with van der Waals surface area (Å²) in [4.78, 5) is 33.6. The van der Waals surface area contributed by atoms with Crippen molar-refractivity contribution in [2.45, 2.75) is 25.4 Å². The molecule has 1 saturated heterocycles. The molecule has 1 atom stereocenters. The van der Waals surface area contributed by atoms with Crippen molar-refractivity contribution in [1.29, 1.82) is 0 Å². The molecule has 2 N–H and O–H groups in total. The van der Waals surface area contributed by atoms with Crippen LogP contribution < -0.4 is 10.2 Å². The number of aryl methyl sites for hydroxylation is 1. The maximum absolute atomic E-state index is 12.9. The molecule has 1 amide bonds. The second-order valence-electron chi connectivity index (χ2n) is 8.15. The molecule has 0 bridgehead atoms. The molecule has 1 aliphatic heterocycles. The van der Waals surface area contributed by atoms with Crippen LogP contribution in [0.15, 0.2) is 55.1 Å². The van der Waals surface area contributed by atoms with Crippen LogP contribution in [0, 0.1) is 6.92 Å². The molecular weight excluding hydrogens is 449 g/mol. The molecule has 4 rings (SSSR count). The lowest BCUT2D eigenvalue weighted by Crippen LogP contribution is -2.20. The molecule has 0 saturated carbocycles. The molecule has 1 aliphatic rings. The Morgan fingerprint density at radius 2 is 1.82 bits per heavy atom. The van der Waals surface area contributed by atoms with Gasteiger partial charge in [0.05, 0.1) is 34.9 Å². The van der Waals surface area contributed by atoms with Crippen LogP contribution in [0.5, 0.6) is 0 Å². The quantitative estimate of drug-likeness (QED) is 0.559. The Hall–Kier alpha value is -3.95. The SMILES string of the molecule is Cc1ccc(C(=O)Nc2cncc(C(F)(F)F)c2)cc1[C@@H]1CCN(c2cncc(C(=O)O)c2)C1. The van der Waals surface area contributed by atoms with Crippen molar-refractivity contribution in [3.63, 3.8) is 0 Å². The second-order valence-corrected chi connectivity index (χ2v) is 8.15. The zero-order valence-corrected chi connectivity index (χ0v) is 18.1. The number of nitrogens with zero attached hydrogens (tertiary/aromatic N) is 3. The summed E-state index contributed by atoms with van der Waals surface area (Å²) in [5.74, 6) is -1.48. The van der Waals surface area contributed by atoms with Gasteiger partial charge in [-0.2, -0.15) is 13.2 Å². The van der Waals surface area contributed by atoms with Crippen molar-refractivity contribution in [3.05, 3.63) is 82.9 Å². The first-order valence-corrected chi connectivity index (χ1v) is 10.5. The van der Waals surface area contributed by atoms with Crippen molar-refractivity contribution in [3.8, 4) is 0 Å². The zero-order chi connectivity index (χ0) is 24.5. The van der Waals surface area contributed by atoms with E-state index >= 15 is 0 Å². The molecule has 0 spiro atoms. The number of aromatic carboxylic acids is 1. The maximum Gasteiger partial charge on any atom is 0.417 e. The topological polar surface area (TPSA) is 95.4 Å². The Bertz CT molecular complexity index is 1250. The van der Waals surface area contributed by atoms with E-state index in [1.165, 1.54) is 6.20 Å². The number of amides is 1. The number of anilines is 2. The minimum absolute atomic E-state index is 0.0418. The maximum atomic E-state index is 12.9. The number of aromatic nitrogens is 2. The molecule has 1 fully saturated rings. The van der Waals surface area contributed by atoms with Crippen LogP contribution in [-0.4, -0.2) is 40.0 Å². The number of halogens is 3. The molecule has 0 unspecified atom stereocenters. The first-order chi connectivity index (χ1) is 16.1. The van der Waals surface area contributed by atoms with Gasteiger partial charge in [0.25, 0.3) is 5.91 Å². The normalized spacial score (nSPS) is 15.9. The largest absolute Gasteiger partial charge is 0.478 e. The summed E-state index contributed by atoms with van der Waals surface area (Å²) in [7, 11) is 0. The van der Waals surface area contributed by atoms with Gasteiger partial charge < -0.3 is 15.3 Å². The average molecular weight is 470 g/mol. The number of alkyl halides is 3. The fraction of sp³-hybridized carbons (Fsp3) is 0.250. The summed E-state index contributed by atoms with van der Waals surface area (Å²) in [6.07, 6.45) is 1.02. The Kier molecular flexibility index (Phi) is 6.23. The van der Waals surface area contributed by atoms with Crippen molar-refractivity contribution >= 4 is 23.3 Å². The molecule has 3 heterocycles. The number of hydrogen-bond acceptors (Lipinski definition) is 5. The third-order valence-electron chi connectivity index (χ3n) is 5.83. The van der Waals surface area contributed by atoms with E-state index in [9.17, 15) is 27.9 Å². The highest BCUT2D eigenvalue weighted by atomic mass is 19.4. The van der Waals surface area contributed by atoms with Crippen LogP contribution in [0.4, 0.5) is 24.5 Å². The summed E-state index contributed by atoms with van der Waals surface area (Å²) in [5, 5.41) is 11.7. The van der Waals surface area contributed by atoms with Gasteiger partial charge >= 0.3 is 12.1 Å². The van der Waals surface area contributed by atoms with Crippen molar-refractivity contribution in [1.82, 2.24) is 9.97 Å². The number of carboxylic acid groups (broad SMARTS) is 1. The van der Waals surface area contributed by atoms with Crippen LogP contribution in [0.1, 0.15) is 49.7 Å². The third-order valence-corrected chi connectivity index (χ3v) is 5.83. The highest BCUT2D eigenvalue weighted by Crippen LogP contribution is 2.33. The first-order valence-electron chi connectivity index (χ1n) is 10.5. The number of carbonyl (C=O) groups is 2. The smallest absolute Gasteiger partial charge is 0.417 e. The third kappa shape index (κ3) is 5.00. The van der Waals surface area contributed by atoms with E-state index in [-0.39, 0.29) is 17.2 Å². The molecule has 10 heteroatoms. The summed E-state index contributed by atoms with van der Waals surface area (Å²) >= 11 is 0. The average Bonchev–Trinajstić information content (AvgIpc) is 3.29. The molecule has 3 aromatic rings. The number of nitrogens with one attached hydrogen (secondary N) is 1. The van der Waals surface area contributed by atoms with Gasteiger partial charge in [0.15, 0.2) is 0 Å². The Morgan fingerprint density at radius 3 is 2.56 bits per heavy atom. The summed E-state index contributed by atoms with van der Waals surface area (Å²) in [6, 6.07) is 7.61. The van der Waals surface area contributed by atoms with Crippen LogP contribution in [0.3, 0.4) is 0 Å². The Labute approximate surface area is 193 Å². The first kappa shape index (κ1) is 23.2. The van der Waals surface area contributed by atoms with Gasteiger partial charge in [-0.15, -0.1) is 0 Å². The number of hydrogen-bond donors (Lipinski definition) is 2. The van der Waals surface area contributed by atoms with Gasteiger partial charge in [-0.05, 0) is 48.7 Å². The molecule has 0 aliphatic carbocycles. The van der Waals surface area contributed by atoms with Crippen LogP contribution in [0.2, 0.25) is 0 Å². The fourth-order valence-corrected chi connectivity index (χ4v) is 4.05. The molecule has 1 aromatic carbocycles. The van der Waals surface area contributed by atoms with E-state index in [0.29, 0.717) is 30.5 Å². The van der Waals surface area contributed by atoms with Gasteiger partial charge in [-0.1, -0.05) is 6.07 Å². The van der Waals surface area contributed by atoms with Crippen LogP contribution >= 0.6 is 0 Å². The number of carbonyl (C=O) groups excluding carboxylic acids is 1. The van der Waals surface area contributed by atoms with Gasteiger partial charge in [-0.25, -0.2) is 4.79 Å². The van der Waals surface area contributed by atoms with Gasteiger partial charge in [-0.3, -0.25) is 14.8 Å². The predicted molar refractivity (Wildman–Crippen MR) is 119 cm³/mol. The molecule has 176 valence electrons. The summed E-state index contributed by atoms with van der Waals surface area (Å²) in [5.41, 5.74) is 2.11. The minimum atomic E-state index is -4.56. The van der Waals surface area contributed by atoms with E-state index in [4.69, 9.17) is 0 Å². The molecule has 7 nitrogen and oxygen atoms in total. The predicted octanol–water partition coefficient (Wildman–Crippen LogP) is 4.75. The van der Waals surface area contributed by atoms with Crippen LogP contribution in [0.25, 0.3) is 0 Å². The number of rotatable bonds is 5. The van der Waals surface area contributed by atoms with E-state index in [0.717, 1.165) is 29.8 Å². The highest BCUT2D eigenvalue weighted by molar-refractivity contribution is 6.04. The van der Waals surface area contributed by atoms with E-state index < -0.39 is 23.6 Å². The van der Waals surface area contributed by atoms with E-state index in [1.54, 1.807) is 24.4 Å². The molecule has 34 heavy (non-hydrogen) atoms. The zero-order valence-electron chi connectivity index (χ0n) is 18.1. The van der Waals surface area contributed by atoms with Gasteiger partial charge in [0, 0.05) is 37.0 Å². The van der Waals surface area contributed by atoms with Crippen molar-refractivity contribution in [2.75, 3.05) is 23.3 Å². The number of pyridine rings is 2. The number of benzene rings is 1. The minimum Gasteiger partial charge on any atom is -0.478 e. The Balaban J connectivity index is 1.51. The molecule has 2 aromatic heterocycles. The van der Waals surface area contributed by atoms with Crippen molar-refractivity contribution < 1.29 is 27.9 Å². The van der Waals surface area contributed by atoms with E-state index in [2.05, 4.69) is 15.3 Å². The monoisotopic (exact) mass is 470 g/mol. The summed E-state index contributed by atoms with van der Waals surface area (Å²) < 4.78 is 38.8. The lowest BCUT2D eigenvalue weighted by Gasteiger charge is -2.20. The summed E-state index contributed by atoms with van der Waals surface area (Å²) in [6.45, 7) is 3.25. The van der Waals surface area contributed by atoms with Gasteiger partial charge in [0.1, 0.15) is 0 Å². The Morgan fingerprint density at radius 1 is 1.06 bits per heavy atom. The van der Waals surface area contributed by atoms with Crippen molar-refractivity contribution in [2.24, 2.45) is 0 Å². The lowest BCUT2D eigenvalue weighted by molar-refractivity contribution is -0.137. The molecule has 0 radical (unpaired) electrons. The van der Waals surface area contributed by atoms with Crippen LogP contribution in [-0.2, 0) is 6.18 Å². The highest BCUT2D eigenvalue weighted by Gasteiger charge is 2.31. The van der Waals surface area contributed by atoms with Gasteiger partial charge in [0.2, 0.25) is 0 Å². The number of carboxylic acids is 1. The molecular formula is C24H21F3N4O3. The fourth-order valence-electron chi connectivity index (χ4n) is 4.05. The standard InChI is InChI=1S/C24H21F3N4O3/c1-14-2-3-15(22(32)30-19-8-18(10-29-11-19)24(25,26)27)7-21(14)16-4-5-31(13-16)20-6-17(23(33)34)9-28-12-20/h2-3,6-12,16H,4-5,13H2,1H3,(H,30,32)(H,33,34)/t16-/m1/s1. The lowest BCUT2D eigenvalue weighted by atomic mass is 9.92. The second kappa shape index (κ2) is 9.12.